The first-order valence-electron chi connectivity index (χ1n) is 7.10. The third-order valence-electron chi connectivity index (χ3n) is 3.53. The molecule has 0 aliphatic carbocycles. The van der Waals surface area contributed by atoms with Gasteiger partial charge in [-0.15, -0.1) is 0 Å². The third-order valence-corrected chi connectivity index (χ3v) is 3.84. The number of amides is 3. The molecule has 0 atom stereocenters. The number of carbonyl (C=O) groups is 2. The first kappa shape index (κ1) is 17.1. The van der Waals surface area contributed by atoms with Crippen molar-refractivity contribution in [1.82, 2.24) is 0 Å². The van der Waals surface area contributed by atoms with E-state index >= 15 is 0 Å². The highest BCUT2D eigenvalue weighted by atomic mass is 35.5. The Kier molecular flexibility index (Phi) is 4.30. The summed E-state index contributed by atoms with van der Waals surface area (Å²) in [5, 5.41) is 7.07. The van der Waals surface area contributed by atoms with Gasteiger partial charge >= 0.3 is 12.2 Å². The molecule has 0 radical (unpaired) electrons. The fourth-order valence-corrected chi connectivity index (χ4v) is 2.70. The van der Waals surface area contributed by atoms with E-state index in [1.54, 1.807) is 18.2 Å². The lowest BCUT2D eigenvalue weighted by molar-refractivity contribution is -0.137. The summed E-state index contributed by atoms with van der Waals surface area (Å²) in [7, 11) is 0. The minimum absolute atomic E-state index is 0.116. The Bertz CT molecular complexity index is 868. The van der Waals surface area contributed by atoms with Crippen molar-refractivity contribution in [3.63, 3.8) is 0 Å². The zero-order valence-electron chi connectivity index (χ0n) is 12.5. The molecule has 0 aromatic heterocycles. The molecule has 130 valence electrons. The van der Waals surface area contributed by atoms with Crippen molar-refractivity contribution >= 4 is 40.6 Å². The fourth-order valence-electron chi connectivity index (χ4n) is 2.41. The Morgan fingerprint density at radius 2 is 1.72 bits per heavy atom. The first-order chi connectivity index (χ1) is 11.7. The number of carbonyl (C=O) groups excluding carboxylic acids is 2. The van der Waals surface area contributed by atoms with Gasteiger partial charge in [-0.05, 0) is 35.9 Å². The van der Waals surface area contributed by atoms with Crippen LogP contribution >= 0.6 is 11.6 Å². The predicted octanol–water partition coefficient (Wildman–Crippen LogP) is 4.50. The van der Waals surface area contributed by atoms with Gasteiger partial charge in [-0.2, -0.15) is 13.2 Å². The van der Waals surface area contributed by atoms with Crippen LogP contribution in [-0.2, 0) is 17.4 Å². The van der Waals surface area contributed by atoms with Crippen LogP contribution in [0.2, 0.25) is 5.02 Å². The number of anilines is 3. The van der Waals surface area contributed by atoms with Crippen LogP contribution in [0.3, 0.4) is 0 Å². The standard InChI is InChI=1S/C16H11ClF3N3O2/c17-12-6-9(3-4-11(12)16(18,19)20)21-15(25)22-10-2-1-8-5-14(24)23-13(8)7-10/h1-4,6-7H,5H2,(H,23,24)(H2,21,22,25). The molecule has 0 saturated carbocycles. The number of hydrogen-bond donors (Lipinski definition) is 3. The monoisotopic (exact) mass is 369 g/mol. The van der Waals surface area contributed by atoms with Crippen LogP contribution in [0.5, 0.6) is 0 Å². The van der Waals surface area contributed by atoms with E-state index in [0.29, 0.717) is 11.4 Å². The van der Waals surface area contributed by atoms with Crippen molar-refractivity contribution in [2.75, 3.05) is 16.0 Å². The second kappa shape index (κ2) is 6.29. The third kappa shape index (κ3) is 3.85. The van der Waals surface area contributed by atoms with Crippen LogP contribution in [-0.4, -0.2) is 11.9 Å². The fraction of sp³-hybridized carbons (Fsp3) is 0.125. The Balaban J connectivity index is 1.68. The summed E-state index contributed by atoms with van der Waals surface area (Å²) in [4.78, 5) is 23.3. The van der Waals surface area contributed by atoms with Gasteiger partial charge in [0.1, 0.15) is 0 Å². The van der Waals surface area contributed by atoms with Gasteiger partial charge < -0.3 is 16.0 Å². The van der Waals surface area contributed by atoms with Crippen LogP contribution in [0.25, 0.3) is 0 Å². The highest BCUT2D eigenvalue weighted by Crippen LogP contribution is 2.35. The molecule has 0 fully saturated rings. The Morgan fingerprint density at radius 3 is 2.36 bits per heavy atom. The molecule has 3 amide bonds. The molecule has 0 unspecified atom stereocenters. The number of urea groups is 1. The molecule has 1 aliphatic rings. The average molecular weight is 370 g/mol. The van der Waals surface area contributed by atoms with Crippen molar-refractivity contribution < 1.29 is 22.8 Å². The number of rotatable bonds is 2. The topological polar surface area (TPSA) is 70.2 Å². The summed E-state index contributed by atoms with van der Waals surface area (Å²) in [6.07, 6.45) is -4.28. The van der Waals surface area contributed by atoms with Crippen LogP contribution in [0, 0.1) is 0 Å². The SMILES string of the molecule is O=C1Cc2ccc(NC(=O)Nc3ccc(C(F)(F)F)c(Cl)c3)cc2N1. The molecule has 9 heteroatoms. The van der Waals surface area contributed by atoms with Gasteiger partial charge in [-0.1, -0.05) is 17.7 Å². The minimum Gasteiger partial charge on any atom is -0.325 e. The number of nitrogens with one attached hydrogen (secondary N) is 3. The number of halogens is 4. The van der Waals surface area contributed by atoms with E-state index in [0.717, 1.165) is 23.8 Å². The van der Waals surface area contributed by atoms with Crippen molar-refractivity contribution in [3.8, 4) is 0 Å². The number of benzene rings is 2. The van der Waals surface area contributed by atoms with E-state index in [4.69, 9.17) is 11.6 Å². The number of hydrogen-bond acceptors (Lipinski definition) is 2. The van der Waals surface area contributed by atoms with Gasteiger partial charge in [0.15, 0.2) is 0 Å². The molecule has 0 bridgehead atoms. The normalized spacial score (nSPS) is 13.2. The summed E-state index contributed by atoms with van der Waals surface area (Å²) in [5.74, 6) is -0.129. The van der Waals surface area contributed by atoms with Gasteiger partial charge in [0.2, 0.25) is 5.91 Å². The Labute approximate surface area is 145 Å². The molecule has 1 aliphatic heterocycles. The van der Waals surface area contributed by atoms with Crippen LogP contribution in [0.4, 0.5) is 35.0 Å². The quantitative estimate of drug-likeness (QED) is 0.729. The highest BCUT2D eigenvalue weighted by molar-refractivity contribution is 6.31. The molecule has 5 nitrogen and oxygen atoms in total. The minimum atomic E-state index is -4.56. The molecule has 0 saturated heterocycles. The first-order valence-corrected chi connectivity index (χ1v) is 7.48. The van der Waals surface area contributed by atoms with Crippen LogP contribution < -0.4 is 16.0 Å². The summed E-state index contributed by atoms with van der Waals surface area (Å²) < 4.78 is 38.0. The van der Waals surface area contributed by atoms with Gasteiger partial charge in [0.25, 0.3) is 0 Å². The van der Waals surface area contributed by atoms with E-state index in [2.05, 4.69) is 16.0 Å². The summed E-state index contributed by atoms with van der Waals surface area (Å²) >= 11 is 5.60. The summed E-state index contributed by atoms with van der Waals surface area (Å²) in [6, 6.07) is 7.20. The van der Waals surface area contributed by atoms with Crippen LogP contribution in [0.1, 0.15) is 11.1 Å². The van der Waals surface area contributed by atoms with E-state index in [1.165, 1.54) is 0 Å². The molecule has 2 aromatic rings. The maximum atomic E-state index is 12.7. The lowest BCUT2D eigenvalue weighted by Crippen LogP contribution is -2.19. The van der Waals surface area contributed by atoms with E-state index in [9.17, 15) is 22.8 Å². The lowest BCUT2D eigenvalue weighted by Gasteiger charge is -2.12. The van der Waals surface area contributed by atoms with Crippen molar-refractivity contribution in [3.05, 3.63) is 52.5 Å². The van der Waals surface area contributed by atoms with Crippen molar-refractivity contribution in [2.45, 2.75) is 12.6 Å². The van der Waals surface area contributed by atoms with Gasteiger partial charge in [-0.25, -0.2) is 4.79 Å². The number of fused-ring (bicyclic) bond motifs is 1. The Morgan fingerprint density at radius 1 is 1.08 bits per heavy atom. The van der Waals surface area contributed by atoms with Gasteiger partial charge in [-0.3, -0.25) is 4.79 Å². The molecule has 1 heterocycles. The van der Waals surface area contributed by atoms with Crippen molar-refractivity contribution in [1.29, 1.82) is 0 Å². The maximum absolute atomic E-state index is 12.7. The van der Waals surface area contributed by atoms with Crippen molar-refractivity contribution in [2.24, 2.45) is 0 Å². The largest absolute Gasteiger partial charge is 0.417 e. The molecule has 3 rings (SSSR count). The highest BCUT2D eigenvalue weighted by Gasteiger charge is 2.33. The van der Waals surface area contributed by atoms with E-state index < -0.39 is 22.8 Å². The van der Waals surface area contributed by atoms with Gasteiger partial charge in [0, 0.05) is 17.1 Å². The zero-order valence-corrected chi connectivity index (χ0v) is 13.3. The van der Waals surface area contributed by atoms with Crippen LogP contribution in [0.15, 0.2) is 36.4 Å². The molecular weight excluding hydrogens is 359 g/mol. The smallest absolute Gasteiger partial charge is 0.325 e. The Hall–Kier alpha value is -2.74. The average Bonchev–Trinajstić information content (AvgIpc) is 2.85. The lowest BCUT2D eigenvalue weighted by atomic mass is 10.1. The number of alkyl halides is 3. The summed E-state index contributed by atoms with van der Waals surface area (Å²) in [5.41, 5.74) is 1.00. The second-order valence-corrected chi connectivity index (χ2v) is 5.78. The van der Waals surface area contributed by atoms with Gasteiger partial charge in [0.05, 0.1) is 17.0 Å². The van der Waals surface area contributed by atoms with E-state index in [1.807, 2.05) is 0 Å². The summed E-state index contributed by atoms with van der Waals surface area (Å²) in [6.45, 7) is 0. The molecule has 25 heavy (non-hydrogen) atoms. The maximum Gasteiger partial charge on any atom is 0.417 e. The van der Waals surface area contributed by atoms with E-state index in [-0.39, 0.29) is 18.0 Å². The molecule has 2 aromatic carbocycles. The predicted molar refractivity (Wildman–Crippen MR) is 87.9 cm³/mol. The zero-order chi connectivity index (χ0) is 18.2. The molecule has 0 spiro atoms. The molecular formula is C16H11ClF3N3O2. The second-order valence-electron chi connectivity index (χ2n) is 5.37. The molecule has 3 N–H and O–H groups in total.